The van der Waals surface area contributed by atoms with Crippen molar-refractivity contribution >= 4 is 21.5 Å². The number of phenols is 2. The van der Waals surface area contributed by atoms with Crippen LogP contribution < -0.4 is 66.3 Å². The van der Waals surface area contributed by atoms with Crippen LogP contribution in [0.2, 0.25) is 0 Å². The third kappa shape index (κ3) is 27.5. The van der Waals surface area contributed by atoms with Crippen LogP contribution in [0, 0.1) is 0 Å². The van der Waals surface area contributed by atoms with Crippen LogP contribution in [-0.4, -0.2) is 10.2 Å². The summed E-state index contributed by atoms with van der Waals surface area (Å²) in [5.41, 5.74) is 15.5. The van der Waals surface area contributed by atoms with Gasteiger partial charge in [-0.1, -0.05) is 291 Å². The van der Waals surface area contributed by atoms with Crippen molar-refractivity contribution < 1.29 is 81.3 Å². The summed E-state index contributed by atoms with van der Waals surface area (Å²) in [7, 11) is 0. The molecular weight excluding hydrogens is 1790 g/mol. The molecule has 19 aromatic carbocycles. The van der Waals surface area contributed by atoms with Crippen molar-refractivity contribution in [3.8, 4) is 103 Å². The van der Waals surface area contributed by atoms with Gasteiger partial charge in [0.25, 0.3) is 0 Å². The summed E-state index contributed by atoms with van der Waals surface area (Å²) in [4.78, 5) is 0. The van der Waals surface area contributed by atoms with Crippen molar-refractivity contribution in [2.24, 2.45) is 0 Å². The van der Waals surface area contributed by atoms with Crippen LogP contribution in [0.15, 0.2) is 437 Å². The zero-order chi connectivity index (χ0) is 96.8. The molecule has 0 bridgehead atoms. The number of hydrogen-bond acceptors (Lipinski definition) is 17. The number of ether oxygens (including phenoxy) is 15. The molecule has 0 amide bonds. The lowest BCUT2D eigenvalue weighted by molar-refractivity contribution is 0.107. The minimum atomic E-state index is 0.0363. The predicted molar refractivity (Wildman–Crippen MR) is 556 cm³/mol. The Balaban J connectivity index is 0.646. The number of rotatable bonds is 47. The van der Waals surface area contributed by atoms with Gasteiger partial charge in [0.2, 0.25) is 0 Å². The Labute approximate surface area is 832 Å². The van der Waals surface area contributed by atoms with E-state index in [9.17, 15) is 10.2 Å². The fourth-order valence-electron chi connectivity index (χ4n) is 16.6. The quantitative estimate of drug-likeness (QED) is 0.0367. The van der Waals surface area contributed by atoms with Gasteiger partial charge in [-0.15, -0.1) is 0 Å². The van der Waals surface area contributed by atoms with Gasteiger partial charge in [0, 0.05) is 53.6 Å². The first-order valence-corrected chi connectivity index (χ1v) is 47.6. The molecule has 0 saturated heterocycles. The van der Waals surface area contributed by atoms with E-state index in [1.165, 1.54) is 0 Å². The monoisotopic (exact) mass is 1890 g/mol. The van der Waals surface area contributed by atoms with Gasteiger partial charge in [-0.25, -0.2) is 0 Å². The van der Waals surface area contributed by atoms with Crippen LogP contribution in [0.4, 0.5) is 0 Å². The Morgan fingerprint density at radius 3 is 0.524 bits per heavy atom. The van der Waals surface area contributed by atoms with Crippen LogP contribution in [0.25, 0.3) is 32.7 Å². The highest BCUT2D eigenvalue weighted by Crippen LogP contribution is 2.46. The van der Waals surface area contributed by atoms with Crippen LogP contribution >= 0.6 is 0 Å². The van der Waals surface area contributed by atoms with E-state index in [2.05, 4.69) is 0 Å². The topological polar surface area (TPSA) is 179 Å². The molecule has 17 nitrogen and oxygen atoms in total. The SMILES string of the molecule is Oc1ccc2ccccc2c1-c1c(O)ccc2cc(COCc3cc(OCc4cc(OCc5cc(OCc6ccccc6)cc(OCc6ccccc6)c5)cc(OCc5cc(OCc6ccccc6)cc(OCc6ccccc6)c5)c4)cc(OCc4cc(OCc5cc(OCc6ccccc6)cc(OCc6ccccc6)c5)cc(OCc5cc(OCc6ccccc6)cc(OCc6ccccc6)c5)c4)c3)ccc12. The van der Waals surface area contributed by atoms with E-state index in [4.69, 9.17) is 71.1 Å². The number of benzene rings is 19. The highest BCUT2D eigenvalue weighted by atomic mass is 16.5. The first-order valence-electron chi connectivity index (χ1n) is 47.6. The molecule has 17 heteroatoms. The molecule has 712 valence electrons. The van der Waals surface area contributed by atoms with Gasteiger partial charge in [0.15, 0.2) is 0 Å². The van der Waals surface area contributed by atoms with E-state index in [1.54, 1.807) is 12.1 Å². The van der Waals surface area contributed by atoms with E-state index in [-0.39, 0.29) is 64.4 Å². The van der Waals surface area contributed by atoms with E-state index >= 15 is 0 Å². The summed E-state index contributed by atoms with van der Waals surface area (Å²) in [6, 6.07) is 142. The second-order valence-electron chi connectivity index (χ2n) is 34.8. The first kappa shape index (κ1) is 94.4. The number of fused-ring (bicyclic) bond motifs is 2. The molecule has 0 aliphatic heterocycles. The van der Waals surface area contributed by atoms with Gasteiger partial charge in [-0.2, -0.15) is 0 Å². The lowest BCUT2D eigenvalue weighted by Crippen LogP contribution is -2.04. The summed E-state index contributed by atoms with van der Waals surface area (Å²) >= 11 is 0. The predicted octanol–water partition coefficient (Wildman–Crippen LogP) is 28.9. The van der Waals surface area contributed by atoms with Crippen LogP contribution in [0.5, 0.6) is 92.0 Å². The molecule has 0 spiro atoms. The maximum absolute atomic E-state index is 11.6. The molecule has 0 aliphatic rings. The third-order valence-corrected chi connectivity index (χ3v) is 23.8. The lowest BCUT2D eigenvalue weighted by atomic mass is 9.92. The summed E-state index contributed by atoms with van der Waals surface area (Å²) in [5, 5.41) is 26.4. The Morgan fingerprint density at radius 1 is 0.126 bits per heavy atom. The van der Waals surface area contributed by atoms with E-state index in [0.717, 1.165) is 111 Å². The molecule has 0 heterocycles. The van der Waals surface area contributed by atoms with Crippen LogP contribution in [0.1, 0.15) is 89.0 Å². The van der Waals surface area contributed by atoms with Crippen LogP contribution in [-0.2, 0) is 110 Å². The van der Waals surface area contributed by atoms with Crippen molar-refractivity contribution in [2.45, 2.75) is 106 Å². The van der Waals surface area contributed by atoms with Crippen molar-refractivity contribution in [3.63, 3.8) is 0 Å². The summed E-state index contributed by atoms with van der Waals surface area (Å²) in [6.45, 7) is 3.64. The third-order valence-electron chi connectivity index (χ3n) is 23.8. The fourth-order valence-corrected chi connectivity index (χ4v) is 16.6. The smallest absolute Gasteiger partial charge is 0.124 e. The maximum Gasteiger partial charge on any atom is 0.124 e. The van der Waals surface area contributed by atoms with Crippen LogP contribution in [0.3, 0.4) is 0 Å². The number of hydrogen-bond donors (Lipinski definition) is 2. The normalized spacial score (nSPS) is 11.0. The molecule has 2 N–H and O–H groups in total. The summed E-state index contributed by atoms with van der Waals surface area (Å²) in [6.07, 6.45) is 0. The second-order valence-corrected chi connectivity index (χ2v) is 34.8. The molecule has 0 aliphatic carbocycles. The molecule has 19 aromatic rings. The number of aromatic hydroxyl groups is 2. The molecule has 0 radical (unpaired) electrons. The van der Waals surface area contributed by atoms with E-state index in [1.807, 2.05) is 425 Å². The molecular formula is C126H106O17. The molecule has 0 unspecified atom stereocenters. The Hall–Kier alpha value is -17.5. The molecule has 0 atom stereocenters. The van der Waals surface area contributed by atoms with Crippen molar-refractivity contribution in [3.05, 3.63) is 526 Å². The number of phenolic OH excluding ortho intramolecular Hbond substituents is 2. The molecule has 0 saturated carbocycles. The highest BCUT2D eigenvalue weighted by molar-refractivity contribution is 6.09. The molecule has 19 rings (SSSR count). The van der Waals surface area contributed by atoms with Gasteiger partial charge in [-0.3, -0.25) is 0 Å². The molecule has 0 aromatic heterocycles. The van der Waals surface area contributed by atoms with E-state index < -0.39 is 0 Å². The summed E-state index contributed by atoms with van der Waals surface area (Å²) < 4.78 is 100. The van der Waals surface area contributed by atoms with Gasteiger partial charge in [-0.05, 0) is 214 Å². The fraction of sp³-hybridized carbons (Fsp3) is 0.127. The zero-order valence-corrected chi connectivity index (χ0v) is 78.9. The minimum absolute atomic E-state index is 0.0363. The highest BCUT2D eigenvalue weighted by Gasteiger charge is 2.21. The van der Waals surface area contributed by atoms with Crippen molar-refractivity contribution in [1.82, 2.24) is 0 Å². The van der Waals surface area contributed by atoms with Gasteiger partial charge in [0.1, 0.15) is 184 Å². The minimum Gasteiger partial charge on any atom is -0.507 e. The lowest BCUT2D eigenvalue weighted by Gasteiger charge is -2.17. The Bertz CT molecular complexity index is 6480. The molecule has 143 heavy (non-hydrogen) atoms. The Morgan fingerprint density at radius 2 is 0.301 bits per heavy atom. The molecule has 0 fully saturated rings. The first-order chi connectivity index (χ1) is 70.5. The van der Waals surface area contributed by atoms with Crippen molar-refractivity contribution in [2.75, 3.05) is 0 Å². The maximum atomic E-state index is 11.6. The standard InChI is InChI=1S/C126H106O17/c127-123-49-46-105-43-25-26-44-121(105)125(123)126-122-48-45-97(51-106(122)47-50-124(126)128)73-129-74-98-52-107(138-83-103-62-117(140-85-99-54-109(130-75-89-27-9-1-10-28-89)67-110(55-99)131-76-90-29-11-2-12-30-90)71-118(63-103)141-86-100-56-111(132-77-91-31-13-3-14-32-91)68-112(57-100)133-78-92-33-15-4-16-34-92)66-108(53-98)139-84-104-64-119(142-87-101-58-113(134-79-93-35-17-5-18-36-93)69-114(59-101)135-80-94-37-19-6-20-38-94)72-120(65-104)143-88-102-60-115(136-81-95-39-21-7-22-40-95)70-116(61-102)137-82-96-41-23-8-24-42-96/h1-72,127-128H,73-88H2. The average molecular weight is 1890 g/mol. The zero-order valence-electron chi connectivity index (χ0n) is 78.9. The van der Waals surface area contributed by atoms with Gasteiger partial charge in [0.05, 0.1) is 13.2 Å². The van der Waals surface area contributed by atoms with E-state index in [0.29, 0.717) is 144 Å². The van der Waals surface area contributed by atoms with Crippen molar-refractivity contribution in [1.29, 1.82) is 0 Å². The van der Waals surface area contributed by atoms with Gasteiger partial charge < -0.3 is 81.3 Å². The Kier molecular flexibility index (Phi) is 31.5. The average Bonchev–Trinajstić information content (AvgIpc) is 0.753. The second kappa shape index (κ2) is 47.7. The summed E-state index contributed by atoms with van der Waals surface area (Å²) in [5.74, 6) is 8.01. The largest absolute Gasteiger partial charge is 0.507 e. The van der Waals surface area contributed by atoms with Gasteiger partial charge >= 0.3 is 0 Å².